The van der Waals surface area contributed by atoms with Crippen LogP contribution in [0.3, 0.4) is 0 Å². The van der Waals surface area contributed by atoms with E-state index in [0.717, 1.165) is 37.4 Å². The molecule has 2 fully saturated rings. The maximum absolute atomic E-state index is 12.0. The van der Waals surface area contributed by atoms with Crippen LogP contribution in [0.1, 0.15) is 25.7 Å². The molecule has 0 spiro atoms. The molecule has 0 atom stereocenters. The molecule has 8 heteroatoms. The number of halogens is 2. The van der Waals surface area contributed by atoms with Crippen molar-refractivity contribution in [3.05, 3.63) is 39.2 Å². The van der Waals surface area contributed by atoms with Crippen molar-refractivity contribution in [3.63, 3.8) is 0 Å². The monoisotopic (exact) mass is 383 g/mol. The van der Waals surface area contributed by atoms with Crippen molar-refractivity contribution in [1.82, 2.24) is 10.6 Å². The van der Waals surface area contributed by atoms with Gasteiger partial charge in [0.25, 0.3) is 5.91 Å². The van der Waals surface area contributed by atoms with Gasteiger partial charge in [-0.3, -0.25) is 9.59 Å². The number of amidine groups is 1. The van der Waals surface area contributed by atoms with Gasteiger partial charge in [0.2, 0.25) is 5.91 Å². The summed E-state index contributed by atoms with van der Waals surface area (Å²) >= 11 is 13.2. The normalized spacial score (nSPS) is 21.5. The number of amides is 2. The van der Waals surface area contributed by atoms with Gasteiger partial charge in [0.1, 0.15) is 5.69 Å². The van der Waals surface area contributed by atoms with Crippen LogP contribution < -0.4 is 10.6 Å². The zero-order chi connectivity index (χ0) is 17.1. The first-order valence-corrected chi connectivity index (χ1v) is 9.14. The average Bonchev–Trinajstić information content (AvgIpc) is 3.14. The van der Waals surface area contributed by atoms with E-state index in [2.05, 4.69) is 15.6 Å². The third-order valence-corrected chi connectivity index (χ3v) is 5.29. The van der Waals surface area contributed by atoms with Gasteiger partial charge in [-0.05, 0) is 36.7 Å². The quantitative estimate of drug-likeness (QED) is 0.779. The van der Waals surface area contributed by atoms with Crippen molar-refractivity contribution < 1.29 is 9.59 Å². The number of aliphatic imine (C=N–C) groups is 1. The average molecular weight is 384 g/mol. The molecule has 2 aliphatic rings. The van der Waals surface area contributed by atoms with E-state index >= 15 is 0 Å². The molecule has 1 aliphatic carbocycles. The molecule has 1 aliphatic heterocycles. The van der Waals surface area contributed by atoms with Gasteiger partial charge in [0, 0.05) is 12.1 Å². The number of carbonyl (C=O) groups is 2. The van der Waals surface area contributed by atoms with Crippen LogP contribution in [0.25, 0.3) is 0 Å². The molecule has 126 valence electrons. The highest BCUT2D eigenvalue weighted by Crippen LogP contribution is 2.35. The number of thioether (sulfide) groups is 1. The molecule has 3 rings (SSSR count). The summed E-state index contributed by atoms with van der Waals surface area (Å²) in [4.78, 5) is 28.6. The van der Waals surface area contributed by atoms with E-state index in [1.807, 2.05) is 0 Å². The molecule has 1 aromatic carbocycles. The van der Waals surface area contributed by atoms with E-state index in [4.69, 9.17) is 23.2 Å². The Bertz CT molecular complexity index is 723. The summed E-state index contributed by atoms with van der Waals surface area (Å²) in [7, 11) is 0. The van der Waals surface area contributed by atoms with Gasteiger partial charge < -0.3 is 10.6 Å². The Hall–Kier alpha value is -1.50. The minimum atomic E-state index is -0.358. The first-order chi connectivity index (χ1) is 11.5. The Morgan fingerprint density at radius 2 is 1.96 bits per heavy atom. The Morgan fingerprint density at radius 3 is 2.62 bits per heavy atom. The second kappa shape index (κ2) is 7.59. The molecule has 0 radical (unpaired) electrons. The van der Waals surface area contributed by atoms with Crippen LogP contribution in [-0.2, 0) is 9.59 Å². The number of nitrogens with one attached hydrogen (secondary N) is 2. The summed E-state index contributed by atoms with van der Waals surface area (Å²) < 4.78 is 0. The maximum atomic E-state index is 12.0. The zero-order valence-electron chi connectivity index (χ0n) is 12.6. The first kappa shape index (κ1) is 17.3. The van der Waals surface area contributed by atoms with Crippen molar-refractivity contribution in [2.45, 2.75) is 31.7 Å². The zero-order valence-corrected chi connectivity index (χ0v) is 15.0. The van der Waals surface area contributed by atoms with Gasteiger partial charge in [-0.2, -0.15) is 0 Å². The standard InChI is InChI=1S/C16H15Cl2N3O2S/c17-10-6-3-7-11(18)14(10)20-16-21-15(23)12(24-16)8-13(22)19-9-4-1-2-5-9/h3,6-9H,1-2,4-5H2,(H,19,22)(H,20,21,23)/b12-8-. The first-order valence-electron chi connectivity index (χ1n) is 7.57. The topological polar surface area (TPSA) is 70.6 Å². The van der Waals surface area contributed by atoms with Gasteiger partial charge in [-0.25, -0.2) is 4.99 Å². The van der Waals surface area contributed by atoms with E-state index in [1.54, 1.807) is 18.2 Å². The molecule has 2 N–H and O–H groups in total. The number of hydrogen-bond donors (Lipinski definition) is 2. The smallest absolute Gasteiger partial charge is 0.264 e. The molecule has 0 unspecified atom stereocenters. The molecular weight excluding hydrogens is 369 g/mol. The molecule has 5 nitrogen and oxygen atoms in total. The fraction of sp³-hybridized carbons (Fsp3) is 0.312. The van der Waals surface area contributed by atoms with Crippen LogP contribution in [-0.4, -0.2) is 23.0 Å². The molecule has 0 bridgehead atoms. The van der Waals surface area contributed by atoms with Gasteiger partial charge in [-0.1, -0.05) is 42.1 Å². The SMILES string of the molecule is O=C(/C=C1\SC(=Nc2c(Cl)cccc2Cl)NC1=O)NC1CCCC1. The number of carbonyl (C=O) groups excluding carboxylic acids is 2. The molecule has 2 amide bonds. The Balaban J connectivity index is 1.72. The lowest BCUT2D eigenvalue weighted by molar-refractivity contribution is -0.118. The third kappa shape index (κ3) is 4.12. The largest absolute Gasteiger partial charge is 0.350 e. The van der Waals surface area contributed by atoms with Crippen molar-refractivity contribution in [3.8, 4) is 0 Å². The van der Waals surface area contributed by atoms with Crippen LogP contribution >= 0.6 is 35.0 Å². The second-order valence-electron chi connectivity index (χ2n) is 5.54. The summed E-state index contributed by atoms with van der Waals surface area (Å²) in [6.07, 6.45) is 5.56. The van der Waals surface area contributed by atoms with E-state index in [1.165, 1.54) is 6.08 Å². The van der Waals surface area contributed by atoms with E-state index in [0.29, 0.717) is 25.8 Å². The van der Waals surface area contributed by atoms with Crippen LogP contribution in [0.2, 0.25) is 10.0 Å². The number of nitrogens with zero attached hydrogens (tertiary/aromatic N) is 1. The fourth-order valence-corrected chi connectivity index (χ4v) is 3.89. The lowest BCUT2D eigenvalue weighted by atomic mass is 10.2. The maximum Gasteiger partial charge on any atom is 0.264 e. The molecule has 1 aromatic rings. The molecule has 24 heavy (non-hydrogen) atoms. The summed E-state index contributed by atoms with van der Waals surface area (Å²) in [5.41, 5.74) is 0.389. The molecule has 0 aromatic heterocycles. The predicted molar refractivity (Wildman–Crippen MR) is 97.8 cm³/mol. The molecular formula is C16H15Cl2N3O2S. The lowest BCUT2D eigenvalue weighted by Crippen LogP contribution is -2.31. The van der Waals surface area contributed by atoms with Crippen LogP contribution in [0.15, 0.2) is 34.2 Å². The summed E-state index contributed by atoms with van der Waals surface area (Å²) in [5.74, 6) is -0.611. The highest BCUT2D eigenvalue weighted by atomic mass is 35.5. The summed E-state index contributed by atoms with van der Waals surface area (Å²) in [5, 5.41) is 6.66. The van der Waals surface area contributed by atoms with Crippen molar-refractivity contribution in [2.75, 3.05) is 0 Å². The molecule has 1 saturated carbocycles. The van der Waals surface area contributed by atoms with Crippen molar-refractivity contribution >= 4 is 57.6 Å². The minimum absolute atomic E-state index is 0.207. The van der Waals surface area contributed by atoms with Crippen molar-refractivity contribution in [1.29, 1.82) is 0 Å². The van der Waals surface area contributed by atoms with E-state index < -0.39 is 0 Å². The highest BCUT2D eigenvalue weighted by molar-refractivity contribution is 8.18. The van der Waals surface area contributed by atoms with Gasteiger partial charge in [0.15, 0.2) is 5.17 Å². The van der Waals surface area contributed by atoms with Crippen LogP contribution in [0.4, 0.5) is 5.69 Å². The second-order valence-corrected chi connectivity index (χ2v) is 7.39. The Kier molecular flexibility index (Phi) is 5.48. The molecule has 1 heterocycles. The molecule has 1 saturated heterocycles. The van der Waals surface area contributed by atoms with Gasteiger partial charge in [-0.15, -0.1) is 0 Å². The van der Waals surface area contributed by atoms with Crippen molar-refractivity contribution in [2.24, 2.45) is 4.99 Å². The van der Waals surface area contributed by atoms with E-state index in [-0.39, 0.29) is 17.9 Å². The number of hydrogen-bond acceptors (Lipinski definition) is 4. The predicted octanol–water partition coefficient (Wildman–Crippen LogP) is 3.79. The van der Waals surface area contributed by atoms with Crippen LogP contribution in [0, 0.1) is 0 Å². The fourth-order valence-electron chi connectivity index (χ4n) is 2.61. The Labute approximate surface area is 153 Å². The van der Waals surface area contributed by atoms with E-state index in [9.17, 15) is 9.59 Å². The number of para-hydroxylation sites is 1. The lowest BCUT2D eigenvalue weighted by Gasteiger charge is -2.09. The summed E-state index contributed by atoms with van der Waals surface area (Å²) in [6, 6.07) is 5.26. The Morgan fingerprint density at radius 1 is 1.29 bits per heavy atom. The van der Waals surface area contributed by atoms with Gasteiger partial charge >= 0.3 is 0 Å². The van der Waals surface area contributed by atoms with Crippen LogP contribution in [0.5, 0.6) is 0 Å². The number of rotatable bonds is 3. The summed E-state index contributed by atoms with van der Waals surface area (Å²) in [6.45, 7) is 0. The third-order valence-electron chi connectivity index (χ3n) is 3.77. The van der Waals surface area contributed by atoms with Gasteiger partial charge in [0.05, 0.1) is 15.0 Å². The minimum Gasteiger partial charge on any atom is -0.350 e. The number of benzene rings is 1. The highest BCUT2D eigenvalue weighted by Gasteiger charge is 2.26.